The smallest absolute Gasteiger partial charge is 0.270 e. The highest BCUT2D eigenvalue weighted by Crippen LogP contribution is 2.30. The number of benzene rings is 1. The number of rotatable bonds is 3. The lowest BCUT2D eigenvalue weighted by Gasteiger charge is -2.29. The van der Waals surface area contributed by atoms with Crippen molar-refractivity contribution >= 4 is 40.9 Å². The minimum absolute atomic E-state index is 0.00101. The number of thiocarbonyl (C=S) groups is 1. The van der Waals surface area contributed by atoms with E-state index >= 15 is 0 Å². The second-order valence-corrected chi connectivity index (χ2v) is 5.03. The summed E-state index contributed by atoms with van der Waals surface area (Å²) in [5, 5.41) is 2.51. The Morgan fingerprint density at radius 1 is 1.22 bits per heavy atom. The van der Waals surface area contributed by atoms with Crippen molar-refractivity contribution in [3.63, 3.8) is 0 Å². The van der Waals surface area contributed by atoms with E-state index < -0.39 is 11.8 Å². The van der Waals surface area contributed by atoms with Gasteiger partial charge in [-0.2, -0.15) is 0 Å². The second-order valence-electron chi connectivity index (χ2n) is 4.65. The molecule has 2 amide bonds. The van der Waals surface area contributed by atoms with Crippen LogP contribution in [0.3, 0.4) is 0 Å². The Morgan fingerprint density at radius 2 is 2.00 bits per heavy atom. The quantitative estimate of drug-likeness (QED) is 0.531. The van der Waals surface area contributed by atoms with Gasteiger partial charge in [-0.05, 0) is 42.6 Å². The number of carbonyl (C=O) groups excluding carboxylic acids is 2. The number of hydrogen-bond acceptors (Lipinski definition) is 5. The topological polar surface area (TPSA) is 71.8 Å². The van der Waals surface area contributed by atoms with E-state index in [9.17, 15) is 9.59 Å². The molecule has 0 saturated carbocycles. The van der Waals surface area contributed by atoms with E-state index in [2.05, 4.69) is 5.32 Å². The van der Waals surface area contributed by atoms with Crippen LogP contribution in [0.4, 0.5) is 5.69 Å². The molecule has 2 heterocycles. The molecule has 0 bridgehead atoms. The lowest BCUT2D eigenvalue weighted by atomic mass is 10.1. The van der Waals surface area contributed by atoms with Crippen LogP contribution in [0.5, 0.6) is 5.75 Å². The molecule has 0 aliphatic carbocycles. The number of hydrogen-bond donors (Lipinski definition) is 1. The minimum Gasteiger partial charge on any atom is -0.495 e. The van der Waals surface area contributed by atoms with Gasteiger partial charge < -0.3 is 9.15 Å². The molecule has 6 nitrogen and oxygen atoms in total. The predicted molar refractivity (Wildman–Crippen MR) is 87.9 cm³/mol. The normalized spacial score (nSPS) is 16.7. The van der Waals surface area contributed by atoms with Crippen LogP contribution in [0.15, 0.2) is 52.7 Å². The summed E-state index contributed by atoms with van der Waals surface area (Å²) >= 11 is 5.14. The molecule has 1 aromatic carbocycles. The highest BCUT2D eigenvalue weighted by Gasteiger charge is 2.35. The maximum Gasteiger partial charge on any atom is 0.270 e. The van der Waals surface area contributed by atoms with Gasteiger partial charge >= 0.3 is 0 Å². The zero-order valence-corrected chi connectivity index (χ0v) is 12.9. The molecule has 0 radical (unpaired) electrons. The van der Waals surface area contributed by atoms with E-state index in [1.165, 1.54) is 24.3 Å². The van der Waals surface area contributed by atoms with Crippen LogP contribution in [0.2, 0.25) is 0 Å². The summed E-state index contributed by atoms with van der Waals surface area (Å²) in [6.45, 7) is 0. The first-order valence-electron chi connectivity index (χ1n) is 6.70. The summed E-state index contributed by atoms with van der Waals surface area (Å²) in [7, 11) is 1.49. The van der Waals surface area contributed by atoms with Gasteiger partial charge in [-0.3, -0.25) is 14.9 Å². The van der Waals surface area contributed by atoms with Crippen LogP contribution in [0.1, 0.15) is 5.76 Å². The Balaban J connectivity index is 2.05. The fourth-order valence-corrected chi connectivity index (χ4v) is 2.48. The lowest BCUT2D eigenvalue weighted by molar-refractivity contribution is -0.122. The van der Waals surface area contributed by atoms with Crippen molar-refractivity contribution in [1.82, 2.24) is 5.32 Å². The Bertz CT molecular complexity index is 811. The third-order valence-electron chi connectivity index (χ3n) is 3.26. The van der Waals surface area contributed by atoms with Crippen molar-refractivity contribution in [3.05, 3.63) is 54.0 Å². The van der Waals surface area contributed by atoms with Crippen molar-refractivity contribution < 1.29 is 18.7 Å². The van der Waals surface area contributed by atoms with Gasteiger partial charge in [0.2, 0.25) is 0 Å². The van der Waals surface area contributed by atoms with Gasteiger partial charge in [0.1, 0.15) is 17.1 Å². The standard InChI is InChI=1S/C16H12N2O4S/c1-21-13-7-3-2-6-12(13)18-15(20)11(14(19)17-16(18)23)9-10-5-4-8-22-10/h2-9H,1H3,(H,17,19,23)/b11-9+. The zero-order valence-electron chi connectivity index (χ0n) is 12.1. The predicted octanol–water partition coefficient (Wildman–Crippen LogP) is 2.12. The number of nitrogens with one attached hydrogen (secondary N) is 1. The number of furan rings is 1. The van der Waals surface area contributed by atoms with Gasteiger partial charge in [-0.1, -0.05) is 12.1 Å². The van der Waals surface area contributed by atoms with Crippen LogP contribution in [0, 0.1) is 0 Å². The SMILES string of the molecule is COc1ccccc1N1C(=O)/C(=C/c2ccco2)C(=O)NC1=S. The van der Waals surface area contributed by atoms with Gasteiger partial charge in [-0.15, -0.1) is 0 Å². The summed E-state index contributed by atoms with van der Waals surface area (Å²) in [6.07, 6.45) is 2.84. The Labute approximate surface area is 137 Å². The third kappa shape index (κ3) is 2.74. The van der Waals surface area contributed by atoms with Crippen molar-refractivity contribution in [2.24, 2.45) is 0 Å². The van der Waals surface area contributed by atoms with Crippen LogP contribution in [0.25, 0.3) is 6.08 Å². The van der Waals surface area contributed by atoms with E-state index in [0.29, 0.717) is 17.2 Å². The van der Waals surface area contributed by atoms with Crippen LogP contribution < -0.4 is 15.0 Å². The van der Waals surface area contributed by atoms with E-state index in [1.54, 1.807) is 36.4 Å². The lowest BCUT2D eigenvalue weighted by Crippen LogP contribution is -2.54. The summed E-state index contributed by atoms with van der Waals surface area (Å²) in [5.41, 5.74) is 0.384. The molecular weight excluding hydrogens is 316 g/mol. The molecule has 1 fully saturated rings. The summed E-state index contributed by atoms with van der Waals surface area (Å²) in [6, 6.07) is 10.2. The molecule has 0 atom stereocenters. The average molecular weight is 328 g/mol. The van der Waals surface area contributed by atoms with Crippen molar-refractivity contribution in [2.75, 3.05) is 12.0 Å². The van der Waals surface area contributed by atoms with Gasteiger partial charge in [0, 0.05) is 0 Å². The van der Waals surface area contributed by atoms with Crippen molar-refractivity contribution in [2.45, 2.75) is 0 Å². The highest BCUT2D eigenvalue weighted by atomic mass is 32.1. The van der Waals surface area contributed by atoms with Gasteiger partial charge in [0.05, 0.1) is 19.1 Å². The number of amides is 2. The molecule has 2 aromatic rings. The Hall–Kier alpha value is -2.93. The molecule has 1 aliphatic heterocycles. The molecule has 1 saturated heterocycles. The zero-order chi connectivity index (χ0) is 16.4. The van der Waals surface area contributed by atoms with E-state index in [0.717, 1.165) is 0 Å². The Kier molecular flexibility index (Phi) is 3.94. The second kappa shape index (κ2) is 6.05. The molecule has 1 aromatic heterocycles. The highest BCUT2D eigenvalue weighted by molar-refractivity contribution is 7.80. The molecule has 0 unspecified atom stereocenters. The van der Waals surface area contributed by atoms with Crippen molar-refractivity contribution in [3.8, 4) is 5.75 Å². The average Bonchev–Trinajstić information content (AvgIpc) is 3.05. The summed E-state index contributed by atoms with van der Waals surface area (Å²) < 4.78 is 10.4. The van der Waals surface area contributed by atoms with Gasteiger partial charge in [0.15, 0.2) is 5.11 Å². The molecule has 1 aliphatic rings. The monoisotopic (exact) mass is 328 g/mol. The number of methoxy groups -OCH3 is 1. The van der Waals surface area contributed by atoms with Crippen LogP contribution in [-0.4, -0.2) is 24.0 Å². The number of anilines is 1. The van der Waals surface area contributed by atoms with E-state index in [4.69, 9.17) is 21.4 Å². The van der Waals surface area contributed by atoms with Crippen LogP contribution in [-0.2, 0) is 9.59 Å². The van der Waals surface area contributed by atoms with Gasteiger partial charge in [-0.25, -0.2) is 4.90 Å². The summed E-state index contributed by atoms with van der Waals surface area (Å²) in [4.78, 5) is 26.1. The third-order valence-corrected chi connectivity index (χ3v) is 3.54. The number of nitrogens with zero attached hydrogens (tertiary/aromatic N) is 1. The fourth-order valence-electron chi connectivity index (χ4n) is 2.21. The van der Waals surface area contributed by atoms with Crippen LogP contribution >= 0.6 is 12.2 Å². The maximum atomic E-state index is 12.8. The van der Waals surface area contributed by atoms with Gasteiger partial charge in [0.25, 0.3) is 11.8 Å². The van der Waals surface area contributed by atoms with Crippen molar-refractivity contribution in [1.29, 1.82) is 0 Å². The largest absolute Gasteiger partial charge is 0.495 e. The number of para-hydroxylation sites is 2. The van der Waals surface area contributed by atoms with E-state index in [-0.39, 0.29) is 10.7 Å². The minimum atomic E-state index is -0.567. The molecule has 7 heteroatoms. The molecular formula is C16H12N2O4S. The summed E-state index contributed by atoms with van der Waals surface area (Å²) in [5.74, 6) is -0.241. The van der Waals surface area contributed by atoms with E-state index in [1.807, 2.05) is 0 Å². The number of carbonyl (C=O) groups is 2. The molecule has 3 rings (SSSR count). The first-order valence-corrected chi connectivity index (χ1v) is 7.10. The molecule has 0 spiro atoms. The first-order chi connectivity index (χ1) is 11.1. The molecule has 23 heavy (non-hydrogen) atoms. The fraction of sp³-hybridized carbons (Fsp3) is 0.0625. The molecule has 116 valence electrons. The first kappa shape index (κ1) is 15.0. The number of ether oxygens (including phenoxy) is 1. The molecule has 1 N–H and O–H groups in total. The Morgan fingerprint density at radius 3 is 2.70 bits per heavy atom. The maximum absolute atomic E-state index is 12.8.